The standard InChI is InChI=1S/C15H24N4O.HI/c1-4-8-18-15(16-3)19-10-9-17-14(20)13-7-5-6-12(2)11-13;/h5-7,11H,4,8-10H2,1-3H3,(H,17,20)(H2,16,18,19);1H. The largest absolute Gasteiger partial charge is 0.356 e. The maximum absolute atomic E-state index is 11.9. The lowest BCUT2D eigenvalue weighted by Crippen LogP contribution is -2.41. The van der Waals surface area contributed by atoms with Gasteiger partial charge in [-0.15, -0.1) is 24.0 Å². The minimum absolute atomic E-state index is 0. The van der Waals surface area contributed by atoms with Crippen LogP contribution in [0, 0.1) is 6.92 Å². The smallest absolute Gasteiger partial charge is 0.251 e. The molecule has 0 fully saturated rings. The summed E-state index contributed by atoms with van der Waals surface area (Å²) in [6, 6.07) is 7.56. The van der Waals surface area contributed by atoms with E-state index in [1.165, 1.54) is 0 Å². The first-order chi connectivity index (χ1) is 9.67. The first kappa shape index (κ1) is 19.7. The van der Waals surface area contributed by atoms with Crippen molar-refractivity contribution in [2.24, 2.45) is 4.99 Å². The quantitative estimate of drug-likeness (QED) is 0.294. The topological polar surface area (TPSA) is 65.5 Å². The summed E-state index contributed by atoms with van der Waals surface area (Å²) in [5.41, 5.74) is 1.78. The highest BCUT2D eigenvalue weighted by Gasteiger charge is 2.04. The molecule has 0 radical (unpaired) electrons. The van der Waals surface area contributed by atoms with Gasteiger partial charge in [-0.2, -0.15) is 0 Å². The molecular weight excluding hydrogens is 379 g/mol. The lowest BCUT2D eigenvalue weighted by atomic mass is 10.1. The second-order valence-electron chi connectivity index (χ2n) is 4.55. The number of aliphatic imine (C=N–C) groups is 1. The van der Waals surface area contributed by atoms with Crippen molar-refractivity contribution in [2.75, 3.05) is 26.7 Å². The number of halogens is 1. The Kier molecular flexibility index (Phi) is 10.7. The summed E-state index contributed by atoms with van der Waals surface area (Å²) in [7, 11) is 1.73. The Labute approximate surface area is 144 Å². The number of hydrogen-bond acceptors (Lipinski definition) is 2. The number of carbonyl (C=O) groups excluding carboxylic acids is 1. The van der Waals surface area contributed by atoms with Crippen molar-refractivity contribution in [1.82, 2.24) is 16.0 Å². The predicted octanol–water partition coefficient (Wildman–Crippen LogP) is 1.92. The summed E-state index contributed by atoms with van der Waals surface area (Å²) in [6.07, 6.45) is 1.05. The molecule has 1 rings (SSSR count). The second-order valence-corrected chi connectivity index (χ2v) is 4.55. The SMILES string of the molecule is CCCNC(=NC)NCCNC(=O)c1cccc(C)c1.I. The minimum Gasteiger partial charge on any atom is -0.356 e. The van der Waals surface area contributed by atoms with Gasteiger partial charge in [0.15, 0.2) is 5.96 Å². The zero-order chi connectivity index (χ0) is 14.8. The van der Waals surface area contributed by atoms with E-state index < -0.39 is 0 Å². The second kappa shape index (κ2) is 11.4. The Morgan fingerprint density at radius 3 is 2.43 bits per heavy atom. The normalized spacial score (nSPS) is 10.5. The van der Waals surface area contributed by atoms with Gasteiger partial charge in [-0.25, -0.2) is 0 Å². The van der Waals surface area contributed by atoms with Gasteiger partial charge in [-0.05, 0) is 25.5 Å². The van der Waals surface area contributed by atoms with Gasteiger partial charge in [0.25, 0.3) is 5.91 Å². The third-order valence-corrected chi connectivity index (χ3v) is 2.75. The molecule has 1 aromatic carbocycles. The molecule has 0 saturated carbocycles. The van der Waals surface area contributed by atoms with Crippen LogP contribution in [0.5, 0.6) is 0 Å². The van der Waals surface area contributed by atoms with Crippen molar-refractivity contribution in [2.45, 2.75) is 20.3 Å². The van der Waals surface area contributed by atoms with Gasteiger partial charge in [0.05, 0.1) is 0 Å². The molecule has 0 aromatic heterocycles. The molecule has 1 amide bonds. The maximum atomic E-state index is 11.9. The van der Waals surface area contributed by atoms with Crippen LogP contribution in [0.3, 0.4) is 0 Å². The summed E-state index contributed by atoms with van der Waals surface area (Å²) in [5.74, 6) is 0.712. The molecule has 1 aromatic rings. The van der Waals surface area contributed by atoms with Crippen LogP contribution in [0.1, 0.15) is 29.3 Å². The van der Waals surface area contributed by atoms with Gasteiger partial charge in [0.2, 0.25) is 0 Å². The van der Waals surface area contributed by atoms with Crippen LogP contribution >= 0.6 is 24.0 Å². The third kappa shape index (κ3) is 7.89. The van der Waals surface area contributed by atoms with Crippen LogP contribution in [0.25, 0.3) is 0 Å². The van der Waals surface area contributed by atoms with Gasteiger partial charge in [0.1, 0.15) is 0 Å². The molecule has 0 saturated heterocycles. The molecule has 0 aliphatic heterocycles. The molecule has 6 heteroatoms. The van der Waals surface area contributed by atoms with E-state index in [1.54, 1.807) is 7.05 Å². The van der Waals surface area contributed by atoms with Crippen LogP contribution in [0.15, 0.2) is 29.3 Å². The number of guanidine groups is 1. The van der Waals surface area contributed by atoms with E-state index in [1.807, 2.05) is 31.2 Å². The summed E-state index contributed by atoms with van der Waals surface area (Å²) < 4.78 is 0. The summed E-state index contributed by atoms with van der Waals surface area (Å²) in [4.78, 5) is 16.0. The van der Waals surface area contributed by atoms with Crippen molar-refractivity contribution < 1.29 is 4.79 Å². The van der Waals surface area contributed by atoms with E-state index in [-0.39, 0.29) is 29.9 Å². The number of rotatable bonds is 6. The van der Waals surface area contributed by atoms with Crippen LogP contribution < -0.4 is 16.0 Å². The molecule has 118 valence electrons. The third-order valence-electron chi connectivity index (χ3n) is 2.75. The molecule has 0 spiro atoms. The predicted molar refractivity (Wildman–Crippen MR) is 98.6 cm³/mol. The fourth-order valence-electron chi connectivity index (χ4n) is 1.71. The first-order valence-electron chi connectivity index (χ1n) is 6.96. The molecule has 0 heterocycles. The van der Waals surface area contributed by atoms with Gasteiger partial charge < -0.3 is 16.0 Å². The zero-order valence-corrected chi connectivity index (χ0v) is 15.2. The number of benzene rings is 1. The number of hydrogen-bond donors (Lipinski definition) is 3. The fourth-order valence-corrected chi connectivity index (χ4v) is 1.71. The Balaban J connectivity index is 0.00000400. The van der Waals surface area contributed by atoms with Crippen LogP contribution in [0.2, 0.25) is 0 Å². The van der Waals surface area contributed by atoms with Crippen molar-refractivity contribution in [3.05, 3.63) is 35.4 Å². The van der Waals surface area contributed by atoms with Gasteiger partial charge >= 0.3 is 0 Å². The highest BCUT2D eigenvalue weighted by atomic mass is 127. The molecule has 3 N–H and O–H groups in total. The van der Waals surface area contributed by atoms with E-state index in [2.05, 4.69) is 27.9 Å². The van der Waals surface area contributed by atoms with E-state index in [4.69, 9.17) is 0 Å². The molecule has 0 unspecified atom stereocenters. The highest BCUT2D eigenvalue weighted by molar-refractivity contribution is 14.0. The summed E-state index contributed by atoms with van der Waals surface area (Å²) in [5, 5.41) is 9.20. The molecule has 0 aliphatic rings. The fraction of sp³-hybridized carbons (Fsp3) is 0.467. The summed E-state index contributed by atoms with van der Waals surface area (Å²) >= 11 is 0. The minimum atomic E-state index is -0.0491. The Bertz CT molecular complexity index is 463. The van der Waals surface area contributed by atoms with Crippen molar-refractivity contribution in [3.63, 3.8) is 0 Å². The average molecular weight is 404 g/mol. The van der Waals surface area contributed by atoms with E-state index in [0.717, 1.165) is 24.5 Å². The number of amides is 1. The van der Waals surface area contributed by atoms with Gasteiger partial charge in [-0.1, -0.05) is 24.6 Å². The Morgan fingerprint density at radius 1 is 1.14 bits per heavy atom. The number of carbonyl (C=O) groups is 1. The van der Waals surface area contributed by atoms with Crippen LogP contribution in [0.4, 0.5) is 0 Å². The average Bonchev–Trinajstić information content (AvgIpc) is 2.46. The molecule has 21 heavy (non-hydrogen) atoms. The Hall–Kier alpha value is -1.31. The van der Waals surface area contributed by atoms with Crippen molar-refractivity contribution in [3.8, 4) is 0 Å². The van der Waals surface area contributed by atoms with Crippen molar-refractivity contribution in [1.29, 1.82) is 0 Å². The monoisotopic (exact) mass is 404 g/mol. The van der Waals surface area contributed by atoms with E-state index in [0.29, 0.717) is 18.7 Å². The first-order valence-corrected chi connectivity index (χ1v) is 6.96. The van der Waals surface area contributed by atoms with E-state index >= 15 is 0 Å². The lowest BCUT2D eigenvalue weighted by Gasteiger charge is -2.11. The number of nitrogens with one attached hydrogen (secondary N) is 3. The maximum Gasteiger partial charge on any atom is 0.251 e. The molecular formula is C15H25IN4O. The number of aryl methyl sites for hydroxylation is 1. The lowest BCUT2D eigenvalue weighted by molar-refractivity contribution is 0.0954. The molecule has 0 aliphatic carbocycles. The zero-order valence-electron chi connectivity index (χ0n) is 12.9. The Morgan fingerprint density at radius 2 is 1.81 bits per heavy atom. The molecule has 0 bridgehead atoms. The highest BCUT2D eigenvalue weighted by Crippen LogP contribution is 2.03. The van der Waals surface area contributed by atoms with Crippen molar-refractivity contribution >= 4 is 35.8 Å². The van der Waals surface area contributed by atoms with Crippen LogP contribution in [-0.4, -0.2) is 38.5 Å². The van der Waals surface area contributed by atoms with Gasteiger partial charge in [-0.3, -0.25) is 9.79 Å². The van der Waals surface area contributed by atoms with Gasteiger partial charge in [0, 0.05) is 32.2 Å². The summed E-state index contributed by atoms with van der Waals surface area (Å²) in [6.45, 7) is 6.15. The van der Waals surface area contributed by atoms with Crippen LogP contribution in [-0.2, 0) is 0 Å². The molecule has 5 nitrogen and oxygen atoms in total. The van der Waals surface area contributed by atoms with E-state index in [9.17, 15) is 4.79 Å². The number of nitrogens with zero attached hydrogens (tertiary/aromatic N) is 1. The molecule has 0 atom stereocenters.